The number of methoxy groups -OCH3 is 1. The highest BCUT2D eigenvalue weighted by atomic mass is 16.5. The summed E-state index contributed by atoms with van der Waals surface area (Å²) < 4.78 is 5.18. The van der Waals surface area contributed by atoms with Crippen molar-refractivity contribution in [3.63, 3.8) is 0 Å². The van der Waals surface area contributed by atoms with Gasteiger partial charge in [0.05, 0.1) is 13.2 Å². The van der Waals surface area contributed by atoms with E-state index in [1.54, 1.807) is 7.11 Å². The molecule has 2 aromatic carbocycles. The van der Waals surface area contributed by atoms with Gasteiger partial charge in [0.1, 0.15) is 5.75 Å². The Morgan fingerprint density at radius 2 is 1.62 bits per heavy atom. The molecule has 0 saturated heterocycles. The van der Waals surface area contributed by atoms with Gasteiger partial charge in [-0.1, -0.05) is 12.1 Å². The van der Waals surface area contributed by atoms with Crippen molar-refractivity contribution < 1.29 is 4.74 Å². The Balaban J connectivity index is 2.25. The summed E-state index contributed by atoms with van der Waals surface area (Å²) >= 11 is 0. The quantitative estimate of drug-likeness (QED) is 0.879. The molecule has 0 saturated carbocycles. The third-order valence-electron chi connectivity index (χ3n) is 3.92. The van der Waals surface area contributed by atoms with E-state index < -0.39 is 0 Å². The second kappa shape index (κ2) is 6.64. The molecule has 3 heteroatoms. The van der Waals surface area contributed by atoms with Crippen LogP contribution in [0.2, 0.25) is 0 Å². The number of anilines is 1. The molecule has 0 heterocycles. The maximum Gasteiger partial charge on any atom is 0.119 e. The maximum absolute atomic E-state index is 5.98. The minimum Gasteiger partial charge on any atom is -0.497 e. The number of benzene rings is 2. The van der Waals surface area contributed by atoms with Crippen LogP contribution < -0.4 is 15.8 Å². The second-order valence-electron chi connectivity index (χ2n) is 5.45. The third-order valence-corrected chi connectivity index (χ3v) is 3.92. The lowest BCUT2D eigenvalue weighted by atomic mass is 9.95. The Labute approximate surface area is 127 Å². The van der Waals surface area contributed by atoms with Gasteiger partial charge in [0.2, 0.25) is 0 Å². The summed E-state index contributed by atoms with van der Waals surface area (Å²) in [6.07, 6.45) is 0. The molecule has 1 unspecified atom stereocenters. The standard InChI is InChI=1S/C18H24N2O/c1-12-9-14(3)17(10-13(12)2)18(11-19)20-15-5-7-16(21-4)8-6-15/h5-10,18,20H,11,19H2,1-4H3. The molecule has 21 heavy (non-hydrogen) atoms. The Morgan fingerprint density at radius 3 is 2.19 bits per heavy atom. The lowest BCUT2D eigenvalue weighted by Crippen LogP contribution is -2.21. The third kappa shape index (κ3) is 3.56. The van der Waals surface area contributed by atoms with E-state index in [2.05, 4.69) is 38.2 Å². The van der Waals surface area contributed by atoms with Crippen LogP contribution >= 0.6 is 0 Å². The van der Waals surface area contributed by atoms with Crippen molar-refractivity contribution in [2.45, 2.75) is 26.8 Å². The van der Waals surface area contributed by atoms with Gasteiger partial charge in [0.15, 0.2) is 0 Å². The molecular formula is C18H24N2O. The monoisotopic (exact) mass is 284 g/mol. The molecule has 0 spiro atoms. The number of hydrogen-bond donors (Lipinski definition) is 2. The van der Waals surface area contributed by atoms with Crippen molar-refractivity contribution in [2.75, 3.05) is 19.0 Å². The zero-order valence-electron chi connectivity index (χ0n) is 13.2. The van der Waals surface area contributed by atoms with Crippen LogP contribution in [0.5, 0.6) is 5.75 Å². The second-order valence-corrected chi connectivity index (χ2v) is 5.45. The summed E-state index contributed by atoms with van der Waals surface area (Å²) in [6.45, 7) is 6.97. The molecule has 0 aliphatic rings. The minimum absolute atomic E-state index is 0.109. The van der Waals surface area contributed by atoms with Crippen LogP contribution in [-0.4, -0.2) is 13.7 Å². The summed E-state index contributed by atoms with van der Waals surface area (Å²) in [5, 5.41) is 3.50. The van der Waals surface area contributed by atoms with Gasteiger partial charge < -0.3 is 15.8 Å². The molecular weight excluding hydrogens is 260 g/mol. The fourth-order valence-electron chi connectivity index (χ4n) is 2.51. The molecule has 112 valence electrons. The minimum atomic E-state index is 0.109. The number of nitrogens with one attached hydrogen (secondary N) is 1. The summed E-state index contributed by atoms with van der Waals surface area (Å²) in [5.74, 6) is 0.854. The van der Waals surface area contributed by atoms with Crippen molar-refractivity contribution >= 4 is 5.69 Å². The first-order valence-electron chi connectivity index (χ1n) is 7.23. The van der Waals surface area contributed by atoms with E-state index in [1.165, 1.54) is 22.3 Å². The number of hydrogen-bond acceptors (Lipinski definition) is 3. The number of aryl methyl sites for hydroxylation is 3. The lowest BCUT2D eigenvalue weighted by molar-refractivity contribution is 0.415. The number of ether oxygens (including phenoxy) is 1. The number of nitrogens with two attached hydrogens (primary N) is 1. The summed E-state index contributed by atoms with van der Waals surface area (Å²) in [5.41, 5.74) is 12.2. The highest BCUT2D eigenvalue weighted by molar-refractivity contribution is 5.50. The van der Waals surface area contributed by atoms with Gasteiger partial charge in [-0.2, -0.15) is 0 Å². The summed E-state index contributed by atoms with van der Waals surface area (Å²) in [4.78, 5) is 0. The van der Waals surface area contributed by atoms with Gasteiger partial charge in [-0.05, 0) is 67.3 Å². The Bertz CT molecular complexity index is 605. The highest BCUT2D eigenvalue weighted by Crippen LogP contribution is 2.25. The zero-order valence-corrected chi connectivity index (χ0v) is 13.2. The molecule has 0 amide bonds. The fourth-order valence-corrected chi connectivity index (χ4v) is 2.51. The topological polar surface area (TPSA) is 47.3 Å². The molecule has 0 bridgehead atoms. The molecule has 0 aromatic heterocycles. The van der Waals surface area contributed by atoms with Crippen LogP contribution in [0, 0.1) is 20.8 Å². The van der Waals surface area contributed by atoms with Crippen molar-refractivity contribution in [2.24, 2.45) is 5.73 Å². The van der Waals surface area contributed by atoms with Crippen molar-refractivity contribution in [1.82, 2.24) is 0 Å². The van der Waals surface area contributed by atoms with E-state index in [0.29, 0.717) is 6.54 Å². The molecule has 1 atom stereocenters. The van der Waals surface area contributed by atoms with Crippen molar-refractivity contribution in [3.8, 4) is 5.75 Å². The predicted molar refractivity (Wildman–Crippen MR) is 89.1 cm³/mol. The van der Waals surface area contributed by atoms with Gasteiger partial charge in [0.25, 0.3) is 0 Å². The first-order chi connectivity index (χ1) is 10.0. The van der Waals surface area contributed by atoms with Gasteiger partial charge in [-0.25, -0.2) is 0 Å². The van der Waals surface area contributed by atoms with Gasteiger partial charge in [0, 0.05) is 12.2 Å². The van der Waals surface area contributed by atoms with E-state index >= 15 is 0 Å². The predicted octanol–water partition coefficient (Wildman–Crippen LogP) is 3.73. The maximum atomic E-state index is 5.98. The smallest absolute Gasteiger partial charge is 0.119 e. The highest BCUT2D eigenvalue weighted by Gasteiger charge is 2.13. The van der Waals surface area contributed by atoms with Crippen LogP contribution in [0.25, 0.3) is 0 Å². The fraction of sp³-hybridized carbons (Fsp3) is 0.333. The summed E-state index contributed by atoms with van der Waals surface area (Å²) in [6, 6.07) is 12.5. The molecule has 2 aromatic rings. The molecule has 0 fully saturated rings. The average molecular weight is 284 g/mol. The first-order valence-corrected chi connectivity index (χ1v) is 7.23. The Kier molecular flexibility index (Phi) is 4.86. The normalized spacial score (nSPS) is 12.0. The van der Waals surface area contributed by atoms with Crippen LogP contribution in [0.1, 0.15) is 28.3 Å². The molecule has 0 aliphatic carbocycles. The van der Waals surface area contributed by atoms with E-state index in [1.807, 2.05) is 24.3 Å². The average Bonchev–Trinajstić information content (AvgIpc) is 2.49. The SMILES string of the molecule is COc1ccc(NC(CN)c2cc(C)c(C)cc2C)cc1. The lowest BCUT2D eigenvalue weighted by Gasteiger charge is -2.22. The largest absolute Gasteiger partial charge is 0.497 e. The zero-order chi connectivity index (χ0) is 15.4. The molecule has 3 nitrogen and oxygen atoms in total. The van der Waals surface area contributed by atoms with Crippen LogP contribution in [0.15, 0.2) is 36.4 Å². The van der Waals surface area contributed by atoms with E-state index in [-0.39, 0.29) is 6.04 Å². The van der Waals surface area contributed by atoms with Crippen molar-refractivity contribution in [1.29, 1.82) is 0 Å². The van der Waals surface area contributed by atoms with Crippen LogP contribution in [-0.2, 0) is 0 Å². The van der Waals surface area contributed by atoms with Crippen LogP contribution in [0.4, 0.5) is 5.69 Å². The van der Waals surface area contributed by atoms with Gasteiger partial charge >= 0.3 is 0 Å². The van der Waals surface area contributed by atoms with Gasteiger partial charge in [-0.3, -0.25) is 0 Å². The molecule has 2 rings (SSSR count). The van der Waals surface area contributed by atoms with Crippen LogP contribution in [0.3, 0.4) is 0 Å². The molecule has 3 N–H and O–H groups in total. The Morgan fingerprint density at radius 1 is 1.00 bits per heavy atom. The molecule has 0 radical (unpaired) electrons. The van der Waals surface area contributed by atoms with E-state index in [0.717, 1.165) is 11.4 Å². The first kappa shape index (κ1) is 15.4. The van der Waals surface area contributed by atoms with E-state index in [9.17, 15) is 0 Å². The van der Waals surface area contributed by atoms with E-state index in [4.69, 9.17) is 10.5 Å². The number of rotatable bonds is 5. The van der Waals surface area contributed by atoms with Gasteiger partial charge in [-0.15, -0.1) is 0 Å². The Hall–Kier alpha value is -2.00. The van der Waals surface area contributed by atoms with Crippen molar-refractivity contribution in [3.05, 3.63) is 58.7 Å². The molecule has 0 aliphatic heterocycles. The summed E-state index contributed by atoms with van der Waals surface area (Å²) in [7, 11) is 1.67.